The quantitative estimate of drug-likeness (QED) is 0.676. The van der Waals surface area contributed by atoms with Crippen LogP contribution in [-0.2, 0) is 9.36 Å². The van der Waals surface area contributed by atoms with Crippen molar-refractivity contribution in [1.29, 1.82) is 0 Å². The first-order valence-electron chi connectivity index (χ1n) is 5.52. The maximum absolute atomic E-state index is 11.0. The summed E-state index contributed by atoms with van der Waals surface area (Å²) in [7, 11) is -4.24. The van der Waals surface area contributed by atoms with Crippen LogP contribution in [0.1, 0.15) is 12.8 Å². The molecule has 0 bridgehead atoms. The molecule has 1 aliphatic carbocycles. The van der Waals surface area contributed by atoms with Crippen LogP contribution < -0.4 is 10.2 Å². The Labute approximate surface area is 104 Å². The Morgan fingerprint density at radius 2 is 1.83 bits per heavy atom. The van der Waals surface area contributed by atoms with Gasteiger partial charge in [0, 0.05) is 11.7 Å². The molecule has 3 N–H and O–H groups in total. The summed E-state index contributed by atoms with van der Waals surface area (Å²) < 4.78 is 11.0. The number of hydrogen-bond acceptors (Lipinski definition) is 3. The van der Waals surface area contributed by atoms with Crippen molar-refractivity contribution in [3.05, 3.63) is 24.3 Å². The molecular formula is C11H14NO5P. The van der Waals surface area contributed by atoms with Crippen LogP contribution in [0.15, 0.2) is 24.3 Å². The highest BCUT2D eigenvalue weighted by molar-refractivity contribution is 7.60. The van der Waals surface area contributed by atoms with E-state index in [-0.39, 0.29) is 17.9 Å². The number of carboxylic acids is 1. The van der Waals surface area contributed by atoms with Crippen molar-refractivity contribution in [2.75, 3.05) is 11.4 Å². The van der Waals surface area contributed by atoms with Crippen molar-refractivity contribution in [2.24, 2.45) is 0 Å². The molecule has 0 radical (unpaired) electrons. The summed E-state index contributed by atoms with van der Waals surface area (Å²) in [6.45, 7) is -0.0973. The monoisotopic (exact) mass is 271 g/mol. The van der Waals surface area contributed by atoms with Crippen LogP contribution >= 0.6 is 7.60 Å². The molecule has 6 nitrogen and oxygen atoms in total. The number of carboxylic acid groups (broad SMARTS) is 1. The molecule has 1 aromatic rings. The van der Waals surface area contributed by atoms with Gasteiger partial charge in [-0.2, -0.15) is 0 Å². The van der Waals surface area contributed by atoms with Gasteiger partial charge < -0.3 is 19.8 Å². The number of carbonyl (C=O) groups is 1. The fraction of sp³-hybridized carbons (Fsp3) is 0.364. The predicted molar refractivity (Wildman–Crippen MR) is 66.1 cm³/mol. The molecule has 98 valence electrons. The molecule has 0 spiro atoms. The van der Waals surface area contributed by atoms with Gasteiger partial charge >= 0.3 is 13.6 Å². The average molecular weight is 271 g/mol. The number of aliphatic carboxylic acids is 1. The highest BCUT2D eigenvalue weighted by Crippen LogP contribution is 2.35. The van der Waals surface area contributed by atoms with Crippen molar-refractivity contribution in [3.63, 3.8) is 0 Å². The molecule has 0 atom stereocenters. The normalized spacial score (nSPS) is 15.4. The van der Waals surface area contributed by atoms with Crippen molar-refractivity contribution in [2.45, 2.75) is 18.9 Å². The molecular weight excluding hydrogens is 257 g/mol. The molecule has 0 saturated heterocycles. The summed E-state index contributed by atoms with van der Waals surface area (Å²) in [5, 5.41) is 8.78. The van der Waals surface area contributed by atoms with Crippen LogP contribution in [0.25, 0.3) is 0 Å². The second-order valence-corrected chi connectivity index (χ2v) is 5.92. The van der Waals surface area contributed by atoms with Gasteiger partial charge in [-0.05, 0) is 37.1 Å². The maximum atomic E-state index is 11.0. The maximum Gasteiger partial charge on any atom is 0.356 e. The first kappa shape index (κ1) is 13.1. The van der Waals surface area contributed by atoms with E-state index in [2.05, 4.69) is 0 Å². The van der Waals surface area contributed by atoms with Crippen LogP contribution in [0.2, 0.25) is 0 Å². The minimum atomic E-state index is -4.24. The van der Waals surface area contributed by atoms with Crippen LogP contribution in [-0.4, -0.2) is 33.4 Å². The molecule has 0 aliphatic heterocycles. The van der Waals surface area contributed by atoms with E-state index < -0.39 is 13.6 Å². The van der Waals surface area contributed by atoms with E-state index in [0.717, 1.165) is 12.8 Å². The third kappa shape index (κ3) is 3.10. The van der Waals surface area contributed by atoms with E-state index in [1.165, 1.54) is 12.1 Å². The summed E-state index contributed by atoms with van der Waals surface area (Å²) in [4.78, 5) is 30.5. The lowest BCUT2D eigenvalue weighted by atomic mass is 10.3. The van der Waals surface area contributed by atoms with Crippen LogP contribution in [0, 0.1) is 0 Å². The van der Waals surface area contributed by atoms with Crippen molar-refractivity contribution in [3.8, 4) is 0 Å². The van der Waals surface area contributed by atoms with Crippen molar-refractivity contribution >= 4 is 24.6 Å². The van der Waals surface area contributed by atoms with Crippen LogP contribution in [0.4, 0.5) is 5.69 Å². The summed E-state index contributed by atoms with van der Waals surface area (Å²) in [5.74, 6) is -0.916. The summed E-state index contributed by atoms with van der Waals surface area (Å²) in [5.41, 5.74) is 0.678. The SMILES string of the molecule is O=C(O)CN(c1ccc(P(=O)(O)O)cc1)C1CC1. The second-order valence-electron chi connectivity index (χ2n) is 4.31. The third-order valence-corrected chi connectivity index (χ3v) is 3.78. The molecule has 0 amide bonds. The highest BCUT2D eigenvalue weighted by atomic mass is 31.2. The van der Waals surface area contributed by atoms with Crippen LogP contribution in [0.5, 0.6) is 0 Å². The van der Waals surface area contributed by atoms with E-state index in [1.807, 2.05) is 0 Å². The second kappa shape index (κ2) is 4.72. The molecule has 0 heterocycles. The van der Waals surface area contributed by atoms with Gasteiger partial charge in [0.25, 0.3) is 0 Å². The Kier molecular flexibility index (Phi) is 3.43. The third-order valence-electron chi connectivity index (χ3n) is 2.81. The minimum absolute atomic E-state index is 0.0580. The minimum Gasteiger partial charge on any atom is -0.480 e. The predicted octanol–water partition coefficient (Wildman–Crippen LogP) is 0.543. The zero-order chi connectivity index (χ0) is 13.3. The van der Waals surface area contributed by atoms with Gasteiger partial charge in [0.2, 0.25) is 0 Å². The average Bonchev–Trinajstić information content (AvgIpc) is 3.08. The van der Waals surface area contributed by atoms with Gasteiger partial charge in [0.15, 0.2) is 0 Å². The summed E-state index contributed by atoms with van der Waals surface area (Å²) in [6.07, 6.45) is 1.90. The smallest absolute Gasteiger partial charge is 0.356 e. The number of benzene rings is 1. The molecule has 0 aromatic heterocycles. The summed E-state index contributed by atoms with van der Waals surface area (Å²) >= 11 is 0. The Morgan fingerprint density at radius 3 is 2.22 bits per heavy atom. The molecule has 0 unspecified atom stereocenters. The van der Waals surface area contributed by atoms with Crippen molar-refractivity contribution < 1.29 is 24.3 Å². The first-order valence-corrected chi connectivity index (χ1v) is 7.14. The largest absolute Gasteiger partial charge is 0.480 e. The fourth-order valence-corrected chi connectivity index (χ4v) is 2.34. The molecule has 1 saturated carbocycles. The Bertz CT molecular complexity index is 491. The van der Waals surface area contributed by atoms with Gasteiger partial charge in [0.1, 0.15) is 6.54 Å². The van der Waals surface area contributed by atoms with Gasteiger partial charge in [-0.25, -0.2) is 0 Å². The van der Waals surface area contributed by atoms with E-state index in [9.17, 15) is 9.36 Å². The van der Waals surface area contributed by atoms with Gasteiger partial charge in [-0.1, -0.05) is 0 Å². The Balaban J connectivity index is 2.21. The zero-order valence-corrected chi connectivity index (χ0v) is 10.5. The molecule has 1 aliphatic rings. The highest BCUT2D eigenvalue weighted by Gasteiger charge is 2.30. The molecule has 18 heavy (non-hydrogen) atoms. The lowest BCUT2D eigenvalue weighted by molar-refractivity contribution is -0.135. The lowest BCUT2D eigenvalue weighted by Crippen LogP contribution is -2.31. The number of anilines is 1. The molecule has 7 heteroatoms. The topological polar surface area (TPSA) is 98.1 Å². The first-order chi connectivity index (χ1) is 8.38. The summed E-state index contributed by atoms with van der Waals surface area (Å²) in [6, 6.07) is 6.01. The van der Waals surface area contributed by atoms with E-state index >= 15 is 0 Å². The molecule has 1 aromatic carbocycles. The standard InChI is InChI=1S/C11H14NO5P/c13-11(14)7-12(8-1-2-8)9-3-5-10(6-4-9)18(15,16)17/h3-6,8H,1-2,7H2,(H,13,14)(H2,15,16,17). The van der Waals surface area contributed by atoms with Crippen LogP contribution in [0.3, 0.4) is 0 Å². The number of nitrogens with zero attached hydrogens (tertiary/aromatic N) is 1. The molecule has 1 fully saturated rings. The van der Waals surface area contributed by atoms with Gasteiger partial charge in [-0.15, -0.1) is 0 Å². The Morgan fingerprint density at radius 1 is 1.28 bits per heavy atom. The van der Waals surface area contributed by atoms with Gasteiger partial charge in [-0.3, -0.25) is 9.36 Å². The van der Waals surface area contributed by atoms with E-state index in [0.29, 0.717) is 5.69 Å². The zero-order valence-electron chi connectivity index (χ0n) is 9.56. The number of hydrogen-bond donors (Lipinski definition) is 3. The van der Waals surface area contributed by atoms with E-state index in [1.54, 1.807) is 17.0 Å². The Hall–Kier alpha value is -1.36. The number of rotatable bonds is 5. The van der Waals surface area contributed by atoms with Crippen molar-refractivity contribution in [1.82, 2.24) is 0 Å². The van der Waals surface area contributed by atoms with Gasteiger partial charge in [0.05, 0.1) is 5.30 Å². The lowest BCUT2D eigenvalue weighted by Gasteiger charge is -2.22. The molecule has 2 rings (SSSR count). The fourth-order valence-electron chi connectivity index (χ4n) is 1.80. The van der Waals surface area contributed by atoms with E-state index in [4.69, 9.17) is 14.9 Å².